The van der Waals surface area contributed by atoms with Crippen LogP contribution < -0.4 is 19.7 Å². The van der Waals surface area contributed by atoms with Crippen molar-refractivity contribution in [2.75, 3.05) is 45.8 Å². The van der Waals surface area contributed by atoms with Gasteiger partial charge in [0.25, 0.3) is 0 Å². The minimum absolute atomic E-state index is 0. The minimum Gasteiger partial charge on any atom is -0.497 e. The molecule has 2 unspecified atom stereocenters. The van der Waals surface area contributed by atoms with Gasteiger partial charge >= 0.3 is 0 Å². The first-order valence-electron chi connectivity index (χ1n) is 8.55. The van der Waals surface area contributed by atoms with Crippen molar-refractivity contribution in [3.63, 3.8) is 0 Å². The van der Waals surface area contributed by atoms with Gasteiger partial charge in [-0.05, 0) is 25.1 Å². The topological polar surface area (TPSA) is 71.1 Å². The highest BCUT2D eigenvalue weighted by Gasteiger charge is 2.39. The van der Waals surface area contributed by atoms with Gasteiger partial charge in [-0.15, -0.1) is 12.4 Å². The number of ether oxygens (including phenoxy) is 2. The zero-order valence-electron chi connectivity index (χ0n) is 15.4. The molecule has 2 amide bonds. The molecule has 7 nitrogen and oxygen atoms in total. The molecule has 0 saturated carbocycles. The predicted octanol–water partition coefficient (Wildman–Crippen LogP) is 1.30. The molecule has 2 aliphatic rings. The summed E-state index contributed by atoms with van der Waals surface area (Å²) in [6.07, 6.45) is 1.19. The van der Waals surface area contributed by atoms with Gasteiger partial charge in [0.2, 0.25) is 11.8 Å². The lowest BCUT2D eigenvalue weighted by Gasteiger charge is -2.26. The van der Waals surface area contributed by atoms with Gasteiger partial charge in [-0.2, -0.15) is 0 Å². The molecule has 144 valence electrons. The molecule has 0 aliphatic carbocycles. The number of nitrogens with one attached hydrogen (secondary N) is 1. The molecule has 3 rings (SSSR count). The first-order valence-corrected chi connectivity index (χ1v) is 8.55. The highest BCUT2D eigenvalue weighted by molar-refractivity contribution is 6.01. The molecule has 1 aromatic rings. The molecular weight excluding hydrogens is 358 g/mol. The van der Waals surface area contributed by atoms with Crippen LogP contribution in [0.5, 0.6) is 11.5 Å². The van der Waals surface area contributed by atoms with E-state index < -0.39 is 0 Å². The third kappa shape index (κ3) is 3.88. The van der Waals surface area contributed by atoms with E-state index in [2.05, 4.69) is 5.32 Å². The van der Waals surface area contributed by atoms with E-state index in [1.54, 1.807) is 42.2 Å². The monoisotopic (exact) mass is 383 g/mol. The SMILES string of the molecule is COc1ccc(N2CC(C(=O)N(C)C3CCNC3)CC2=O)c(OC)c1.Cl. The number of nitrogens with zero attached hydrogens (tertiary/aromatic N) is 2. The van der Waals surface area contributed by atoms with Gasteiger partial charge in [-0.3, -0.25) is 9.59 Å². The van der Waals surface area contributed by atoms with E-state index in [0.29, 0.717) is 23.7 Å². The van der Waals surface area contributed by atoms with Gasteiger partial charge in [0.15, 0.2) is 0 Å². The summed E-state index contributed by atoms with van der Waals surface area (Å²) >= 11 is 0. The Hall–Kier alpha value is -1.99. The molecule has 2 saturated heterocycles. The van der Waals surface area contributed by atoms with Crippen LogP contribution in [0.2, 0.25) is 0 Å². The predicted molar refractivity (Wildman–Crippen MR) is 101 cm³/mol. The fourth-order valence-corrected chi connectivity index (χ4v) is 3.55. The smallest absolute Gasteiger partial charge is 0.228 e. The van der Waals surface area contributed by atoms with Crippen LogP contribution in [0.1, 0.15) is 12.8 Å². The number of methoxy groups -OCH3 is 2. The molecule has 0 bridgehead atoms. The van der Waals surface area contributed by atoms with Crippen molar-refractivity contribution in [2.24, 2.45) is 5.92 Å². The number of carbonyl (C=O) groups excluding carboxylic acids is 2. The molecule has 0 aromatic heterocycles. The maximum Gasteiger partial charge on any atom is 0.228 e. The zero-order chi connectivity index (χ0) is 18.0. The lowest BCUT2D eigenvalue weighted by Crippen LogP contribution is -2.42. The third-order valence-electron chi connectivity index (χ3n) is 5.08. The first kappa shape index (κ1) is 20.3. The Balaban J connectivity index is 0.00000243. The third-order valence-corrected chi connectivity index (χ3v) is 5.08. The lowest BCUT2D eigenvalue weighted by atomic mass is 10.1. The van der Waals surface area contributed by atoms with E-state index in [1.165, 1.54) is 0 Å². The molecule has 1 N–H and O–H groups in total. The van der Waals surface area contributed by atoms with Crippen LogP contribution in [0.15, 0.2) is 18.2 Å². The second-order valence-electron chi connectivity index (χ2n) is 6.54. The molecule has 2 heterocycles. The van der Waals surface area contributed by atoms with Gasteiger partial charge in [0, 0.05) is 38.7 Å². The number of hydrogen-bond donors (Lipinski definition) is 1. The van der Waals surface area contributed by atoms with Gasteiger partial charge in [-0.1, -0.05) is 0 Å². The van der Waals surface area contributed by atoms with Crippen molar-refractivity contribution in [2.45, 2.75) is 18.9 Å². The van der Waals surface area contributed by atoms with Crippen LogP contribution in [0, 0.1) is 5.92 Å². The maximum absolute atomic E-state index is 12.8. The lowest BCUT2D eigenvalue weighted by molar-refractivity contribution is -0.136. The molecular formula is C18H26ClN3O4. The number of anilines is 1. The zero-order valence-corrected chi connectivity index (χ0v) is 16.2. The largest absolute Gasteiger partial charge is 0.497 e. The van der Waals surface area contributed by atoms with Crippen LogP contribution in [0.4, 0.5) is 5.69 Å². The van der Waals surface area contributed by atoms with Gasteiger partial charge < -0.3 is 24.6 Å². The van der Waals surface area contributed by atoms with E-state index in [9.17, 15) is 9.59 Å². The Morgan fingerprint density at radius 2 is 2.08 bits per heavy atom. The van der Waals surface area contributed by atoms with E-state index in [1.807, 2.05) is 7.05 Å². The maximum atomic E-state index is 12.8. The molecule has 0 radical (unpaired) electrons. The number of benzene rings is 1. The molecule has 2 atom stereocenters. The fourth-order valence-electron chi connectivity index (χ4n) is 3.55. The molecule has 1 aromatic carbocycles. The summed E-state index contributed by atoms with van der Waals surface area (Å²) in [6.45, 7) is 2.13. The van der Waals surface area contributed by atoms with Crippen LogP contribution in [-0.4, -0.2) is 63.7 Å². The van der Waals surface area contributed by atoms with Crippen molar-refractivity contribution in [1.82, 2.24) is 10.2 Å². The van der Waals surface area contributed by atoms with E-state index in [4.69, 9.17) is 9.47 Å². The highest BCUT2D eigenvalue weighted by Crippen LogP contribution is 2.36. The Kier molecular flexibility index (Phi) is 6.72. The highest BCUT2D eigenvalue weighted by atomic mass is 35.5. The Morgan fingerprint density at radius 3 is 2.69 bits per heavy atom. The van der Waals surface area contributed by atoms with Crippen molar-refractivity contribution < 1.29 is 19.1 Å². The Bertz CT molecular complexity index is 664. The average molecular weight is 384 g/mol. The number of hydrogen-bond acceptors (Lipinski definition) is 5. The Morgan fingerprint density at radius 1 is 1.31 bits per heavy atom. The van der Waals surface area contributed by atoms with E-state index in [0.717, 1.165) is 19.5 Å². The summed E-state index contributed by atoms with van der Waals surface area (Å²) in [5, 5.41) is 3.27. The number of likely N-dealkylation sites (N-methyl/N-ethyl adjacent to an activating group) is 1. The second kappa shape index (κ2) is 8.60. The van der Waals surface area contributed by atoms with Gasteiger partial charge in [0.05, 0.1) is 25.8 Å². The molecule has 0 spiro atoms. The number of amides is 2. The van der Waals surface area contributed by atoms with Crippen LogP contribution in [0.25, 0.3) is 0 Å². The van der Waals surface area contributed by atoms with Crippen molar-refractivity contribution in [1.29, 1.82) is 0 Å². The summed E-state index contributed by atoms with van der Waals surface area (Å²) in [4.78, 5) is 28.7. The van der Waals surface area contributed by atoms with Crippen LogP contribution >= 0.6 is 12.4 Å². The summed E-state index contributed by atoms with van der Waals surface area (Å²) in [5.74, 6) is 0.893. The molecule has 2 aliphatic heterocycles. The van der Waals surface area contributed by atoms with Crippen molar-refractivity contribution in [3.8, 4) is 11.5 Å². The summed E-state index contributed by atoms with van der Waals surface area (Å²) in [5.41, 5.74) is 0.675. The quantitative estimate of drug-likeness (QED) is 0.829. The standard InChI is InChI=1S/C18H25N3O4.ClH/c1-20(13-6-7-19-10-13)18(23)12-8-17(22)21(11-12)15-5-4-14(24-2)9-16(15)25-3;/h4-5,9,12-13,19H,6-8,10-11H2,1-3H3;1H. The summed E-state index contributed by atoms with van der Waals surface area (Å²) < 4.78 is 10.6. The van der Waals surface area contributed by atoms with Gasteiger partial charge in [0.1, 0.15) is 11.5 Å². The molecule has 2 fully saturated rings. The summed E-state index contributed by atoms with van der Waals surface area (Å²) in [6, 6.07) is 5.55. The second-order valence-corrected chi connectivity index (χ2v) is 6.54. The summed E-state index contributed by atoms with van der Waals surface area (Å²) in [7, 11) is 4.97. The fraction of sp³-hybridized carbons (Fsp3) is 0.556. The van der Waals surface area contributed by atoms with Crippen molar-refractivity contribution >= 4 is 29.9 Å². The average Bonchev–Trinajstić information content (AvgIpc) is 3.29. The normalized spacial score (nSPS) is 22.1. The van der Waals surface area contributed by atoms with Gasteiger partial charge in [-0.25, -0.2) is 0 Å². The number of rotatable bonds is 5. The Labute approximate surface area is 160 Å². The van der Waals surface area contributed by atoms with Crippen LogP contribution in [-0.2, 0) is 9.59 Å². The molecule has 8 heteroatoms. The van der Waals surface area contributed by atoms with E-state index in [-0.39, 0.29) is 42.6 Å². The molecule has 26 heavy (non-hydrogen) atoms. The van der Waals surface area contributed by atoms with E-state index >= 15 is 0 Å². The number of halogens is 1. The number of carbonyl (C=O) groups is 2. The van der Waals surface area contributed by atoms with Crippen LogP contribution in [0.3, 0.4) is 0 Å². The first-order chi connectivity index (χ1) is 12.0. The minimum atomic E-state index is -0.315. The van der Waals surface area contributed by atoms with Crippen molar-refractivity contribution in [3.05, 3.63) is 18.2 Å².